The zero-order valence-electron chi connectivity index (χ0n) is 9.98. The van der Waals surface area contributed by atoms with E-state index in [1.807, 2.05) is 0 Å². The zero-order chi connectivity index (χ0) is 11.4. The molecule has 2 rings (SSSR count). The molecule has 0 aliphatic rings. The maximum absolute atomic E-state index is 2.29. The largest absolute Gasteiger partial charge is 0.0622 e. The predicted octanol–water partition coefficient (Wildman–Crippen LogP) is 4.34. The van der Waals surface area contributed by atoms with Crippen LogP contribution in [0.15, 0.2) is 54.6 Å². The quantitative estimate of drug-likeness (QED) is 0.707. The van der Waals surface area contributed by atoms with Crippen LogP contribution in [-0.4, -0.2) is 0 Å². The van der Waals surface area contributed by atoms with Crippen molar-refractivity contribution in [1.82, 2.24) is 0 Å². The van der Waals surface area contributed by atoms with Crippen LogP contribution in [0.5, 0.6) is 0 Å². The Labute approximate surface area is 97.9 Å². The first-order chi connectivity index (χ1) is 7.75. The van der Waals surface area contributed by atoms with Crippen molar-refractivity contribution >= 4 is 0 Å². The Morgan fingerprint density at radius 1 is 0.938 bits per heavy atom. The van der Waals surface area contributed by atoms with Crippen LogP contribution in [0.25, 0.3) is 0 Å². The average molecular weight is 210 g/mol. The summed E-state index contributed by atoms with van der Waals surface area (Å²) in [5, 5.41) is 0. The fraction of sp³-hybridized carbons (Fsp3) is 0.250. The topological polar surface area (TPSA) is 0 Å². The van der Waals surface area contributed by atoms with Crippen LogP contribution in [-0.2, 0) is 6.42 Å². The molecule has 0 amide bonds. The molecule has 0 radical (unpaired) electrons. The summed E-state index contributed by atoms with van der Waals surface area (Å²) in [5.41, 5.74) is 4.19. The molecule has 1 unspecified atom stereocenters. The van der Waals surface area contributed by atoms with Crippen molar-refractivity contribution in [2.24, 2.45) is 0 Å². The maximum Gasteiger partial charge on any atom is -0.0150 e. The molecule has 0 bridgehead atoms. The molecule has 82 valence electrons. The van der Waals surface area contributed by atoms with E-state index in [4.69, 9.17) is 0 Å². The Hall–Kier alpha value is -1.56. The second-order valence-electron chi connectivity index (χ2n) is 4.50. The van der Waals surface area contributed by atoms with Gasteiger partial charge in [0.1, 0.15) is 0 Å². The van der Waals surface area contributed by atoms with Gasteiger partial charge in [-0.25, -0.2) is 0 Å². The van der Waals surface area contributed by atoms with Gasteiger partial charge in [-0.15, -0.1) is 0 Å². The first kappa shape index (κ1) is 10.9. The van der Waals surface area contributed by atoms with Crippen molar-refractivity contribution in [3.63, 3.8) is 0 Å². The highest BCUT2D eigenvalue weighted by atomic mass is 14.1. The molecular formula is C16H18. The Morgan fingerprint density at radius 3 is 2.38 bits per heavy atom. The number of hydrogen-bond donors (Lipinski definition) is 0. The van der Waals surface area contributed by atoms with Gasteiger partial charge >= 0.3 is 0 Å². The standard InChI is InChI=1S/C16H18/c1-13-7-6-8-15(11-13)12-14(2)16-9-4-3-5-10-16/h3-11,14H,12H2,1-2H3. The van der Waals surface area contributed by atoms with Gasteiger partial charge in [0.25, 0.3) is 0 Å². The van der Waals surface area contributed by atoms with Crippen molar-refractivity contribution in [3.05, 3.63) is 71.3 Å². The summed E-state index contributed by atoms with van der Waals surface area (Å²) >= 11 is 0. The molecule has 0 heteroatoms. The van der Waals surface area contributed by atoms with Gasteiger partial charge in [-0.1, -0.05) is 67.1 Å². The van der Waals surface area contributed by atoms with Gasteiger partial charge < -0.3 is 0 Å². The zero-order valence-corrected chi connectivity index (χ0v) is 9.98. The third-order valence-corrected chi connectivity index (χ3v) is 2.99. The Morgan fingerprint density at radius 2 is 1.69 bits per heavy atom. The minimum atomic E-state index is 0.586. The van der Waals surface area contributed by atoms with E-state index in [1.54, 1.807) is 0 Å². The smallest absolute Gasteiger partial charge is 0.0150 e. The summed E-state index contributed by atoms with van der Waals surface area (Å²) in [6.07, 6.45) is 1.12. The SMILES string of the molecule is Cc1cccc(CC(C)c2ccccc2)c1. The lowest BCUT2D eigenvalue weighted by Gasteiger charge is -2.12. The van der Waals surface area contributed by atoms with Gasteiger partial charge in [-0.3, -0.25) is 0 Å². The van der Waals surface area contributed by atoms with Crippen LogP contribution >= 0.6 is 0 Å². The molecule has 2 aromatic carbocycles. The van der Waals surface area contributed by atoms with E-state index in [0.29, 0.717) is 5.92 Å². The van der Waals surface area contributed by atoms with Gasteiger partial charge in [-0.2, -0.15) is 0 Å². The lowest BCUT2D eigenvalue weighted by molar-refractivity contribution is 0.759. The number of hydrogen-bond acceptors (Lipinski definition) is 0. The van der Waals surface area contributed by atoms with Crippen molar-refractivity contribution in [2.75, 3.05) is 0 Å². The van der Waals surface area contributed by atoms with Crippen molar-refractivity contribution in [3.8, 4) is 0 Å². The Kier molecular flexibility index (Phi) is 3.40. The molecule has 0 aromatic heterocycles. The molecule has 0 aliphatic carbocycles. The van der Waals surface area contributed by atoms with Crippen LogP contribution in [0.3, 0.4) is 0 Å². The second-order valence-corrected chi connectivity index (χ2v) is 4.50. The predicted molar refractivity (Wildman–Crippen MR) is 69.7 cm³/mol. The van der Waals surface area contributed by atoms with E-state index >= 15 is 0 Å². The van der Waals surface area contributed by atoms with E-state index in [2.05, 4.69) is 68.4 Å². The van der Waals surface area contributed by atoms with Crippen molar-refractivity contribution < 1.29 is 0 Å². The molecule has 1 atom stereocenters. The van der Waals surface area contributed by atoms with E-state index in [1.165, 1.54) is 16.7 Å². The molecular weight excluding hydrogens is 192 g/mol. The highest BCUT2D eigenvalue weighted by Crippen LogP contribution is 2.20. The molecule has 0 fully saturated rings. The minimum Gasteiger partial charge on any atom is -0.0622 e. The van der Waals surface area contributed by atoms with E-state index in [9.17, 15) is 0 Å². The molecule has 0 saturated carbocycles. The lowest BCUT2D eigenvalue weighted by Crippen LogP contribution is -1.98. The summed E-state index contributed by atoms with van der Waals surface area (Å²) in [7, 11) is 0. The summed E-state index contributed by atoms with van der Waals surface area (Å²) in [5.74, 6) is 0.586. The van der Waals surface area contributed by atoms with Gasteiger partial charge in [0.05, 0.1) is 0 Å². The van der Waals surface area contributed by atoms with Crippen molar-refractivity contribution in [2.45, 2.75) is 26.2 Å². The van der Waals surface area contributed by atoms with E-state index in [0.717, 1.165) is 6.42 Å². The van der Waals surface area contributed by atoms with Gasteiger partial charge in [0.2, 0.25) is 0 Å². The van der Waals surface area contributed by atoms with E-state index < -0.39 is 0 Å². The highest BCUT2D eigenvalue weighted by molar-refractivity contribution is 5.26. The van der Waals surface area contributed by atoms with Crippen LogP contribution < -0.4 is 0 Å². The third-order valence-electron chi connectivity index (χ3n) is 2.99. The van der Waals surface area contributed by atoms with Crippen molar-refractivity contribution in [1.29, 1.82) is 0 Å². The van der Waals surface area contributed by atoms with Crippen LogP contribution in [0.4, 0.5) is 0 Å². The highest BCUT2D eigenvalue weighted by Gasteiger charge is 2.05. The Balaban J connectivity index is 2.11. The molecule has 0 aliphatic heterocycles. The van der Waals surface area contributed by atoms with Gasteiger partial charge in [0, 0.05) is 0 Å². The average Bonchev–Trinajstić information content (AvgIpc) is 2.30. The van der Waals surface area contributed by atoms with Gasteiger partial charge in [0.15, 0.2) is 0 Å². The summed E-state index contributed by atoms with van der Waals surface area (Å²) in [6.45, 7) is 4.44. The number of benzene rings is 2. The first-order valence-corrected chi connectivity index (χ1v) is 5.86. The van der Waals surface area contributed by atoms with E-state index in [-0.39, 0.29) is 0 Å². The monoisotopic (exact) mass is 210 g/mol. The molecule has 0 spiro atoms. The number of aryl methyl sites for hydroxylation is 1. The second kappa shape index (κ2) is 4.98. The number of rotatable bonds is 3. The fourth-order valence-electron chi connectivity index (χ4n) is 2.09. The summed E-state index contributed by atoms with van der Waals surface area (Å²) in [6, 6.07) is 19.5. The normalized spacial score (nSPS) is 12.4. The summed E-state index contributed by atoms with van der Waals surface area (Å²) < 4.78 is 0. The fourth-order valence-corrected chi connectivity index (χ4v) is 2.09. The van der Waals surface area contributed by atoms with Crippen LogP contribution in [0, 0.1) is 6.92 Å². The maximum atomic E-state index is 2.29. The lowest BCUT2D eigenvalue weighted by atomic mass is 9.93. The molecule has 0 heterocycles. The molecule has 0 saturated heterocycles. The van der Waals surface area contributed by atoms with Gasteiger partial charge in [-0.05, 0) is 30.4 Å². The molecule has 0 nitrogen and oxygen atoms in total. The Bertz CT molecular complexity index is 443. The third kappa shape index (κ3) is 2.73. The molecule has 0 N–H and O–H groups in total. The van der Waals surface area contributed by atoms with Crippen LogP contribution in [0.1, 0.15) is 29.5 Å². The summed E-state index contributed by atoms with van der Waals surface area (Å²) in [4.78, 5) is 0. The van der Waals surface area contributed by atoms with Crippen LogP contribution in [0.2, 0.25) is 0 Å². The molecule has 2 aromatic rings. The first-order valence-electron chi connectivity index (χ1n) is 5.86. The minimum absolute atomic E-state index is 0.586. The molecule has 16 heavy (non-hydrogen) atoms.